The van der Waals surface area contributed by atoms with Crippen molar-refractivity contribution in [2.75, 3.05) is 5.73 Å². The van der Waals surface area contributed by atoms with Crippen molar-refractivity contribution in [3.8, 4) is 11.4 Å². The van der Waals surface area contributed by atoms with Gasteiger partial charge >= 0.3 is 0 Å². The highest BCUT2D eigenvalue weighted by Crippen LogP contribution is 2.32. The SMILES string of the molecule is CC(C)n1c(-c2cc(N)cc(Cl)c2)nc2cc(Cl)ccc21. The van der Waals surface area contributed by atoms with E-state index in [9.17, 15) is 0 Å². The third kappa shape index (κ3) is 2.59. The summed E-state index contributed by atoms with van der Waals surface area (Å²) in [4.78, 5) is 4.71. The number of aromatic nitrogens is 2. The number of imidazole rings is 1. The fraction of sp³-hybridized carbons (Fsp3) is 0.188. The minimum absolute atomic E-state index is 0.256. The van der Waals surface area contributed by atoms with Crippen LogP contribution in [-0.2, 0) is 0 Å². The summed E-state index contributed by atoms with van der Waals surface area (Å²) in [7, 11) is 0. The van der Waals surface area contributed by atoms with Crippen LogP contribution in [0.1, 0.15) is 19.9 Å². The summed E-state index contributed by atoms with van der Waals surface area (Å²) in [5.41, 5.74) is 9.34. The van der Waals surface area contributed by atoms with Crippen molar-refractivity contribution in [1.82, 2.24) is 9.55 Å². The largest absolute Gasteiger partial charge is 0.399 e. The highest BCUT2D eigenvalue weighted by Gasteiger charge is 2.15. The summed E-state index contributed by atoms with van der Waals surface area (Å²) < 4.78 is 2.16. The zero-order valence-corrected chi connectivity index (χ0v) is 13.3. The molecule has 3 nitrogen and oxygen atoms in total. The summed E-state index contributed by atoms with van der Waals surface area (Å²) in [6.07, 6.45) is 0. The summed E-state index contributed by atoms with van der Waals surface area (Å²) in [5, 5.41) is 1.28. The molecule has 1 aromatic heterocycles. The molecule has 21 heavy (non-hydrogen) atoms. The Morgan fingerprint density at radius 3 is 2.48 bits per heavy atom. The molecule has 0 radical (unpaired) electrons. The van der Waals surface area contributed by atoms with Crippen molar-refractivity contribution in [3.05, 3.63) is 46.4 Å². The summed E-state index contributed by atoms with van der Waals surface area (Å²) in [6, 6.07) is 11.5. The van der Waals surface area contributed by atoms with Crippen molar-refractivity contribution >= 4 is 39.9 Å². The van der Waals surface area contributed by atoms with Crippen LogP contribution in [0.15, 0.2) is 36.4 Å². The molecule has 0 aliphatic heterocycles. The first-order chi connectivity index (χ1) is 9.95. The number of hydrogen-bond acceptors (Lipinski definition) is 2. The molecule has 3 aromatic rings. The molecule has 0 spiro atoms. The van der Waals surface area contributed by atoms with Gasteiger partial charge in [-0.25, -0.2) is 4.98 Å². The molecular weight excluding hydrogens is 305 g/mol. The van der Waals surface area contributed by atoms with E-state index >= 15 is 0 Å². The van der Waals surface area contributed by atoms with Gasteiger partial charge in [-0.1, -0.05) is 23.2 Å². The average molecular weight is 320 g/mol. The summed E-state index contributed by atoms with van der Waals surface area (Å²) in [5.74, 6) is 0.844. The highest BCUT2D eigenvalue weighted by molar-refractivity contribution is 6.31. The highest BCUT2D eigenvalue weighted by atomic mass is 35.5. The topological polar surface area (TPSA) is 43.8 Å². The minimum atomic E-state index is 0.256. The third-order valence-electron chi connectivity index (χ3n) is 3.35. The van der Waals surface area contributed by atoms with Gasteiger partial charge in [-0.3, -0.25) is 0 Å². The van der Waals surface area contributed by atoms with E-state index in [0.29, 0.717) is 15.7 Å². The lowest BCUT2D eigenvalue weighted by Crippen LogP contribution is -2.03. The van der Waals surface area contributed by atoms with Crippen molar-refractivity contribution in [3.63, 3.8) is 0 Å². The Labute approximate surface area is 133 Å². The summed E-state index contributed by atoms with van der Waals surface area (Å²) in [6.45, 7) is 4.24. The quantitative estimate of drug-likeness (QED) is 0.662. The molecule has 2 aromatic carbocycles. The first-order valence-corrected chi connectivity index (χ1v) is 7.45. The molecule has 5 heteroatoms. The number of fused-ring (bicyclic) bond motifs is 1. The van der Waals surface area contributed by atoms with Gasteiger partial charge in [-0.05, 0) is 50.2 Å². The van der Waals surface area contributed by atoms with Crippen molar-refractivity contribution in [2.24, 2.45) is 0 Å². The first kappa shape index (κ1) is 14.2. The molecule has 3 rings (SSSR count). The Kier molecular flexibility index (Phi) is 3.56. The van der Waals surface area contributed by atoms with Crippen LogP contribution in [0.25, 0.3) is 22.4 Å². The number of benzene rings is 2. The van der Waals surface area contributed by atoms with Crippen LogP contribution < -0.4 is 5.73 Å². The monoisotopic (exact) mass is 319 g/mol. The molecule has 0 aliphatic rings. The fourth-order valence-electron chi connectivity index (χ4n) is 2.54. The van der Waals surface area contributed by atoms with Gasteiger partial charge in [0.1, 0.15) is 5.82 Å². The summed E-state index contributed by atoms with van der Waals surface area (Å²) >= 11 is 12.2. The van der Waals surface area contributed by atoms with Gasteiger partial charge in [0.05, 0.1) is 11.0 Å². The molecule has 0 saturated heterocycles. The predicted molar refractivity (Wildman–Crippen MR) is 90.0 cm³/mol. The van der Waals surface area contributed by atoms with E-state index < -0.39 is 0 Å². The Morgan fingerprint density at radius 2 is 1.81 bits per heavy atom. The number of anilines is 1. The van der Waals surface area contributed by atoms with Crippen LogP contribution in [0.5, 0.6) is 0 Å². The molecule has 2 N–H and O–H groups in total. The zero-order valence-electron chi connectivity index (χ0n) is 11.8. The van der Waals surface area contributed by atoms with Crippen LogP contribution in [0.3, 0.4) is 0 Å². The molecular formula is C16H15Cl2N3. The van der Waals surface area contributed by atoms with Crippen LogP contribution in [0.2, 0.25) is 10.0 Å². The fourth-order valence-corrected chi connectivity index (χ4v) is 2.95. The molecule has 0 amide bonds. The molecule has 0 fully saturated rings. The standard InChI is InChI=1S/C16H15Cl2N3/c1-9(2)21-15-4-3-11(17)8-14(15)20-16(21)10-5-12(18)7-13(19)6-10/h3-9H,19H2,1-2H3. The Morgan fingerprint density at radius 1 is 1.05 bits per heavy atom. The number of nitrogens with zero attached hydrogens (tertiary/aromatic N) is 2. The normalized spacial score (nSPS) is 11.5. The van der Waals surface area contributed by atoms with Crippen LogP contribution in [0, 0.1) is 0 Å². The average Bonchev–Trinajstić information content (AvgIpc) is 2.75. The second-order valence-corrected chi connectivity index (χ2v) is 6.18. The van der Waals surface area contributed by atoms with Gasteiger partial charge < -0.3 is 10.3 Å². The second-order valence-electron chi connectivity index (χ2n) is 5.31. The Bertz CT molecular complexity index is 801. The zero-order chi connectivity index (χ0) is 15.1. The van der Waals surface area contributed by atoms with Crippen LogP contribution >= 0.6 is 23.2 Å². The number of rotatable bonds is 2. The van der Waals surface area contributed by atoms with Gasteiger partial charge in [-0.2, -0.15) is 0 Å². The van der Waals surface area contributed by atoms with Gasteiger partial charge in [0.15, 0.2) is 0 Å². The molecule has 0 atom stereocenters. The van der Waals surface area contributed by atoms with E-state index in [2.05, 4.69) is 18.4 Å². The molecule has 108 valence electrons. The molecule has 0 saturated carbocycles. The number of hydrogen-bond donors (Lipinski definition) is 1. The van der Waals surface area contributed by atoms with E-state index in [1.165, 1.54) is 0 Å². The van der Waals surface area contributed by atoms with Gasteiger partial charge in [0.2, 0.25) is 0 Å². The van der Waals surface area contributed by atoms with E-state index in [1.807, 2.05) is 30.3 Å². The second kappa shape index (κ2) is 5.24. The van der Waals surface area contributed by atoms with Crippen LogP contribution in [0.4, 0.5) is 5.69 Å². The molecule has 0 aliphatic carbocycles. The molecule has 0 unspecified atom stereocenters. The van der Waals surface area contributed by atoms with Crippen molar-refractivity contribution in [1.29, 1.82) is 0 Å². The smallest absolute Gasteiger partial charge is 0.141 e. The lowest BCUT2D eigenvalue weighted by Gasteiger charge is -2.13. The van der Waals surface area contributed by atoms with Gasteiger partial charge in [0, 0.05) is 27.3 Å². The Hall–Kier alpha value is -1.71. The lowest BCUT2D eigenvalue weighted by atomic mass is 10.2. The van der Waals surface area contributed by atoms with Crippen molar-refractivity contribution < 1.29 is 0 Å². The van der Waals surface area contributed by atoms with E-state index in [4.69, 9.17) is 33.9 Å². The van der Waals surface area contributed by atoms with Gasteiger partial charge in [-0.15, -0.1) is 0 Å². The van der Waals surface area contributed by atoms with Crippen molar-refractivity contribution in [2.45, 2.75) is 19.9 Å². The van der Waals surface area contributed by atoms with Crippen LogP contribution in [-0.4, -0.2) is 9.55 Å². The maximum atomic E-state index is 6.12. The number of nitrogen functional groups attached to an aromatic ring is 1. The lowest BCUT2D eigenvalue weighted by molar-refractivity contribution is 0.624. The molecule has 1 heterocycles. The number of nitrogens with two attached hydrogens (primary N) is 1. The van der Waals surface area contributed by atoms with Gasteiger partial charge in [0.25, 0.3) is 0 Å². The maximum Gasteiger partial charge on any atom is 0.141 e. The van der Waals surface area contributed by atoms with E-state index in [-0.39, 0.29) is 6.04 Å². The van der Waals surface area contributed by atoms with E-state index in [0.717, 1.165) is 22.4 Å². The maximum absolute atomic E-state index is 6.12. The Balaban J connectivity index is 2.33. The minimum Gasteiger partial charge on any atom is -0.399 e. The number of halogens is 2. The van der Waals surface area contributed by atoms with E-state index in [1.54, 1.807) is 6.07 Å². The predicted octanol–water partition coefficient (Wildman–Crippen LogP) is 5.17. The molecule has 0 bridgehead atoms. The first-order valence-electron chi connectivity index (χ1n) is 6.69. The third-order valence-corrected chi connectivity index (χ3v) is 3.80.